The largest absolute Gasteiger partial charge is 0.486 e. The average molecular weight is 531 g/mol. The molecule has 1 fully saturated rings. The van der Waals surface area contributed by atoms with Gasteiger partial charge in [0.25, 0.3) is 0 Å². The van der Waals surface area contributed by atoms with Crippen LogP contribution in [0.1, 0.15) is 34.3 Å². The third-order valence-electron chi connectivity index (χ3n) is 7.24. The van der Waals surface area contributed by atoms with Crippen molar-refractivity contribution >= 4 is 17.5 Å². The Hall–Kier alpha value is -3.43. The van der Waals surface area contributed by atoms with Crippen LogP contribution < -0.4 is 25.3 Å². The molecule has 3 heterocycles. The highest BCUT2D eigenvalue weighted by molar-refractivity contribution is 6.34. The summed E-state index contributed by atoms with van der Waals surface area (Å²) in [6.07, 6.45) is 1.71. The van der Waals surface area contributed by atoms with Crippen LogP contribution in [-0.2, 0) is 12.0 Å². The van der Waals surface area contributed by atoms with E-state index in [1.54, 1.807) is 12.1 Å². The molecule has 0 aliphatic carbocycles. The molecule has 3 aliphatic rings. The van der Waals surface area contributed by atoms with Crippen molar-refractivity contribution < 1.29 is 32.2 Å². The number of hydrogen-bond acceptors (Lipinski definition) is 5. The molecule has 0 spiro atoms. The number of hydrogen-bond donors (Lipinski definition) is 2. The van der Waals surface area contributed by atoms with Gasteiger partial charge in [-0.25, -0.2) is 13.2 Å². The van der Waals surface area contributed by atoms with Crippen LogP contribution in [0.3, 0.4) is 0 Å². The van der Waals surface area contributed by atoms with E-state index < -0.39 is 34.0 Å². The van der Waals surface area contributed by atoms with Gasteiger partial charge in [0.1, 0.15) is 30.6 Å². The second-order valence-electron chi connectivity index (χ2n) is 9.35. The fraction of sp³-hybridized carbons (Fsp3) is 0.296. The van der Waals surface area contributed by atoms with E-state index in [1.807, 2.05) is 0 Å². The summed E-state index contributed by atoms with van der Waals surface area (Å²) in [5, 5.41) is 3.01. The lowest BCUT2D eigenvalue weighted by atomic mass is 9.80. The van der Waals surface area contributed by atoms with E-state index in [0.717, 1.165) is 25.5 Å². The van der Waals surface area contributed by atoms with Crippen LogP contribution in [0.5, 0.6) is 17.2 Å². The second-order valence-corrected chi connectivity index (χ2v) is 9.73. The fourth-order valence-corrected chi connectivity index (χ4v) is 5.90. The molecule has 6 rings (SSSR count). The Morgan fingerprint density at radius 1 is 1.08 bits per heavy atom. The van der Waals surface area contributed by atoms with Crippen molar-refractivity contribution in [3.63, 3.8) is 0 Å². The van der Waals surface area contributed by atoms with Gasteiger partial charge in [-0.2, -0.15) is 0 Å². The van der Waals surface area contributed by atoms with Gasteiger partial charge in [0, 0.05) is 34.7 Å². The SMILES string of the molecule is NC(=O)c1cc2c(c(F)c1-c1c(Cl)c(F)cc3c1CC(c1cccc(F)c1)([C@@H]1CCCN1)O3)OCCO2. The molecule has 0 saturated carbocycles. The number of nitrogens with two attached hydrogens (primary N) is 1. The third-order valence-corrected chi connectivity index (χ3v) is 7.61. The number of nitrogens with one attached hydrogen (secondary N) is 1. The number of carbonyl (C=O) groups is 1. The second kappa shape index (κ2) is 8.85. The van der Waals surface area contributed by atoms with Gasteiger partial charge in [0.05, 0.1) is 16.6 Å². The Morgan fingerprint density at radius 2 is 1.89 bits per heavy atom. The number of halogens is 4. The number of fused-ring (bicyclic) bond motifs is 2. The topological polar surface area (TPSA) is 82.8 Å². The van der Waals surface area contributed by atoms with Crippen LogP contribution in [0.4, 0.5) is 13.2 Å². The maximum Gasteiger partial charge on any atom is 0.249 e. The van der Waals surface area contributed by atoms with Gasteiger partial charge in [-0.05, 0) is 37.6 Å². The van der Waals surface area contributed by atoms with E-state index in [4.69, 9.17) is 31.5 Å². The first-order chi connectivity index (χ1) is 17.8. The monoisotopic (exact) mass is 530 g/mol. The maximum atomic E-state index is 16.0. The minimum atomic E-state index is -1.12. The Labute approximate surface area is 215 Å². The zero-order valence-corrected chi connectivity index (χ0v) is 20.3. The number of ether oxygens (including phenoxy) is 3. The van der Waals surface area contributed by atoms with Crippen LogP contribution in [0.15, 0.2) is 36.4 Å². The van der Waals surface area contributed by atoms with Crippen LogP contribution >= 0.6 is 11.6 Å². The number of amides is 1. The smallest absolute Gasteiger partial charge is 0.249 e. The van der Waals surface area contributed by atoms with Gasteiger partial charge in [-0.15, -0.1) is 0 Å². The maximum absolute atomic E-state index is 16.0. The lowest BCUT2D eigenvalue weighted by Crippen LogP contribution is -2.49. The summed E-state index contributed by atoms with van der Waals surface area (Å²) in [7, 11) is 0. The first-order valence-electron chi connectivity index (χ1n) is 11.9. The molecule has 0 aromatic heterocycles. The molecule has 1 saturated heterocycles. The quantitative estimate of drug-likeness (QED) is 0.502. The van der Waals surface area contributed by atoms with Gasteiger partial charge in [-0.3, -0.25) is 4.79 Å². The molecule has 10 heteroatoms. The van der Waals surface area contributed by atoms with Gasteiger partial charge in [0.15, 0.2) is 22.9 Å². The Kier molecular flexibility index (Phi) is 5.72. The van der Waals surface area contributed by atoms with E-state index >= 15 is 8.78 Å². The summed E-state index contributed by atoms with van der Waals surface area (Å²) < 4.78 is 63.0. The van der Waals surface area contributed by atoms with Crippen molar-refractivity contribution in [3.05, 3.63) is 75.6 Å². The van der Waals surface area contributed by atoms with Gasteiger partial charge >= 0.3 is 0 Å². The third kappa shape index (κ3) is 3.71. The molecule has 3 aromatic carbocycles. The number of benzene rings is 3. The molecule has 6 nitrogen and oxygen atoms in total. The van der Waals surface area contributed by atoms with E-state index in [2.05, 4.69) is 5.32 Å². The molecular formula is C27H22ClF3N2O4. The lowest BCUT2D eigenvalue weighted by Gasteiger charge is -2.35. The van der Waals surface area contributed by atoms with Crippen molar-refractivity contribution in [1.29, 1.82) is 0 Å². The molecule has 2 atom stereocenters. The van der Waals surface area contributed by atoms with Crippen LogP contribution in [-0.4, -0.2) is 31.7 Å². The average Bonchev–Trinajstić information content (AvgIpc) is 3.55. The van der Waals surface area contributed by atoms with Crippen molar-refractivity contribution in [2.24, 2.45) is 5.73 Å². The van der Waals surface area contributed by atoms with Crippen molar-refractivity contribution in [3.8, 4) is 28.4 Å². The molecule has 1 amide bonds. The number of rotatable bonds is 4. The highest BCUT2D eigenvalue weighted by Crippen LogP contribution is 2.53. The normalized spacial score (nSPS) is 22.0. The van der Waals surface area contributed by atoms with Crippen molar-refractivity contribution in [2.45, 2.75) is 30.9 Å². The summed E-state index contributed by atoms with van der Waals surface area (Å²) in [5.41, 5.74) is 4.83. The summed E-state index contributed by atoms with van der Waals surface area (Å²) in [5.74, 6) is -3.28. The summed E-state index contributed by atoms with van der Waals surface area (Å²) in [6.45, 7) is 0.984. The summed E-state index contributed by atoms with van der Waals surface area (Å²) in [6, 6.07) is 8.20. The number of primary amides is 1. The first kappa shape index (κ1) is 23.9. The molecule has 3 aliphatic heterocycles. The lowest BCUT2D eigenvalue weighted by molar-refractivity contribution is 0.0536. The fourth-order valence-electron chi connectivity index (χ4n) is 5.64. The van der Waals surface area contributed by atoms with Crippen LogP contribution in [0.25, 0.3) is 11.1 Å². The first-order valence-corrected chi connectivity index (χ1v) is 12.3. The molecular weight excluding hydrogens is 509 g/mol. The van der Waals surface area contributed by atoms with Crippen LogP contribution in [0.2, 0.25) is 5.02 Å². The Balaban J connectivity index is 1.60. The van der Waals surface area contributed by atoms with Crippen molar-refractivity contribution in [1.82, 2.24) is 5.32 Å². The predicted octanol–water partition coefficient (Wildman–Crippen LogP) is 4.88. The van der Waals surface area contributed by atoms with Gasteiger partial charge < -0.3 is 25.3 Å². The van der Waals surface area contributed by atoms with Crippen LogP contribution in [0, 0.1) is 17.5 Å². The molecule has 1 unspecified atom stereocenters. The molecule has 37 heavy (non-hydrogen) atoms. The zero-order chi connectivity index (χ0) is 25.9. The van der Waals surface area contributed by atoms with E-state index in [1.165, 1.54) is 18.2 Å². The summed E-state index contributed by atoms with van der Waals surface area (Å²) >= 11 is 6.47. The molecule has 3 N–H and O–H groups in total. The minimum Gasteiger partial charge on any atom is -0.486 e. The molecule has 0 radical (unpaired) electrons. The molecule has 3 aromatic rings. The Bertz CT molecular complexity index is 1440. The molecule has 192 valence electrons. The van der Waals surface area contributed by atoms with E-state index in [-0.39, 0.29) is 59.6 Å². The summed E-state index contributed by atoms with van der Waals surface area (Å²) in [4.78, 5) is 12.5. The number of carbonyl (C=O) groups excluding carboxylic acids is 1. The predicted molar refractivity (Wildman–Crippen MR) is 130 cm³/mol. The highest BCUT2D eigenvalue weighted by Gasteiger charge is 2.50. The zero-order valence-electron chi connectivity index (χ0n) is 19.5. The van der Waals surface area contributed by atoms with E-state index in [9.17, 15) is 9.18 Å². The Morgan fingerprint density at radius 3 is 2.62 bits per heavy atom. The van der Waals surface area contributed by atoms with Crippen molar-refractivity contribution in [2.75, 3.05) is 19.8 Å². The molecule has 0 bridgehead atoms. The van der Waals surface area contributed by atoms with Gasteiger partial charge in [-0.1, -0.05) is 23.7 Å². The van der Waals surface area contributed by atoms with Gasteiger partial charge in [0.2, 0.25) is 5.91 Å². The standard InChI is InChI=1S/C27H22ClF3N2O4/c28-23-17(30)11-18-16(12-27(37-18,20-5-2-6-33-20)13-3-1-4-14(29)9-13)21(23)22-15(26(32)34)10-19-25(24(22)31)36-8-7-35-19/h1,3-4,9-11,20,33H,2,5-8,12H2,(H2,32,34)/t20-,27?/m0/s1. The highest BCUT2D eigenvalue weighted by atomic mass is 35.5. The van der Waals surface area contributed by atoms with E-state index in [0.29, 0.717) is 11.1 Å². The minimum absolute atomic E-state index is 0.0194.